The lowest BCUT2D eigenvalue weighted by Gasteiger charge is -2.34. The van der Waals surface area contributed by atoms with Crippen LogP contribution in [0.2, 0.25) is 5.02 Å². The Morgan fingerprint density at radius 1 is 1.43 bits per heavy atom. The molecule has 1 fully saturated rings. The minimum absolute atomic E-state index is 0.0227. The molecule has 2 unspecified atom stereocenters. The van der Waals surface area contributed by atoms with E-state index in [0.717, 1.165) is 6.07 Å². The van der Waals surface area contributed by atoms with E-state index in [1.54, 1.807) is 0 Å². The van der Waals surface area contributed by atoms with Gasteiger partial charge in [0.1, 0.15) is 5.82 Å². The van der Waals surface area contributed by atoms with Crippen LogP contribution in [0, 0.1) is 17.7 Å². The molecule has 1 aromatic carbocycles. The summed E-state index contributed by atoms with van der Waals surface area (Å²) in [5, 5.41) is 11.8. The molecule has 7 heteroatoms. The van der Waals surface area contributed by atoms with Crippen LogP contribution in [0.5, 0.6) is 0 Å². The second-order valence-corrected chi connectivity index (χ2v) is 5.77. The number of hydrogen-bond acceptors (Lipinski definition) is 2. The zero-order valence-electron chi connectivity index (χ0n) is 11.5. The van der Waals surface area contributed by atoms with Crippen molar-refractivity contribution in [3.05, 3.63) is 29.0 Å². The van der Waals surface area contributed by atoms with E-state index >= 15 is 0 Å². The fourth-order valence-electron chi connectivity index (χ4n) is 2.48. The first-order valence-corrected chi connectivity index (χ1v) is 6.98. The zero-order chi connectivity index (χ0) is 15.6. The van der Waals surface area contributed by atoms with Gasteiger partial charge in [-0.2, -0.15) is 0 Å². The number of amides is 2. The van der Waals surface area contributed by atoms with Crippen LogP contribution >= 0.6 is 11.6 Å². The molecule has 0 bridgehead atoms. The van der Waals surface area contributed by atoms with Gasteiger partial charge >= 0.3 is 12.0 Å². The van der Waals surface area contributed by atoms with Crippen LogP contribution in [0.1, 0.15) is 13.3 Å². The van der Waals surface area contributed by atoms with Crippen LogP contribution < -0.4 is 5.32 Å². The van der Waals surface area contributed by atoms with Crippen molar-refractivity contribution in [1.82, 2.24) is 4.90 Å². The van der Waals surface area contributed by atoms with E-state index < -0.39 is 23.7 Å². The Morgan fingerprint density at radius 3 is 2.76 bits per heavy atom. The highest BCUT2D eigenvalue weighted by Gasteiger charge is 2.32. The fraction of sp³-hybridized carbons (Fsp3) is 0.429. The minimum Gasteiger partial charge on any atom is -0.481 e. The third-order valence-electron chi connectivity index (χ3n) is 3.47. The maximum atomic E-state index is 13.6. The number of likely N-dealkylation sites (tertiary alicyclic amines) is 1. The maximum Gasteiger partial charge on any atom is 0.321 e. The van der Waals surface area contributed by atoms with E-state index in [0.29, 0.717) is 13.0 Å². The molecule has 5 nitrogen and oxygen atoms in total. The van der Waals surface area contributed by atoms with Crippen molar-refractivity contribution in [3.8, 4) is 0 Å². The highest BCUT2D eigenvalue weighted by Crippen LogP contribution is 2.24. The quantitative estimate of drug-likeness (QED) is 0.881. The molecule has 0 aromatic heterocycles. The lowest BCUT2D eigenvalue weighted by atomic mass is 9.91. The number of carbonyl (C=O) groups is 2. The second kappa shape index (κ2) is 6.30. The Bertz CT molecular complexity index is 567. The van der Waals surface area contributed by atoms with Gasteiger partial charge in [0, 0.05) is 18.1 Å². The predicted molar refractivity (Wildman–Crippen MR) is 76.9 cm³/mol. The largest absolute Gasteiger partial charge is 0.481 e. The summed E-state index contributed by atoms with van der Waals surface area (Å²) in [6.07, 6.45) is 0.536. The summed E-state index contributed by atoms with van der Waals surface area (Å²) in [4.78, 5) is 24.6. The van der Waals surface area contributed by atoms with Crippen LogP contribution in [0.4, 0.5) is 14.9 Å². The average Bonchev–Trinajstić information content (AvgIpc) is 2.41. The number of nitrogens with zero attached hydrogens (tertiary/aromatic N) is 1. The molecule has 1 aliphatic heterocycles. The Labute approximate surface area is 126 Å². The maximum absolute atomic E-state index is 13.6. The number of benzene rings is 1. The van der Waals surface area contributed by atoms with Crippen molar-refractivity contribution in [3.63, 3.8) is 0 Å². The molecule has 1 aromatic rings. The van der Waals surface area contributed by atoms with Crippen molar-refractivity contribution >= 4 is 29.3 Å². The highest BCUT2D eigenvalue weighted by molar-refractivity contribution is 6.30. The van der Waals surface area contributed by atoms with E-state index in [9.17, 15) is 14.0 Å². The predicted octanol–water partition coefficient (Wildman–Crippen LogP) is 3.05. The Kier molecular flexibility index (Phi) is 4.67. The molecule has 2 rings (SSSR count). The summed E-state index contributed by atoms with van der Waals surface area (Å²) < 4.78 is 13.6. The van der Waals surface area contributed by atoms with Crippen molar-refractivity contribution in [1.29, 1.82) is 0 Å². The normalized spacial score (nSPS) is 22.0. The summed E-state index contributed by atoms with van der Waals surface area (Å²) >= 11 is 5.65. The van der Waals surface area contributed by atoms with Crippen molar-refractivity contribution in [2.45, 2.75) is 13.3 Å². The summed E-state index contributed by atoms with van der Waals surface area (Å²) in [5.41, 5.74) is 0.0227. The van der Waals surface area contributed by atoms with Gasteiger partial charge in [0.15, 0.2) is 0 Å². The molecule has 1 saturated heterocycles. The number of anilines is 1. The van der Waals surface area contributed by atoms with Crippen molar-refractivity contribution in [2.75, 3.05) is 18.4 Å². The number of nitrogens with one attached hydrogen (secondary N) is 1. The first-order chi connectivity index (χ1) is 9.86. The van der Waals surface area contributed by atoms with Crippen LogP contribution in [0.3, 0.4) is 0 Å². The molecular weight excluding hydrogens is 299 g/mol. The van der Waals surface area contributed by atoms with Gasteiger partial charge in [0.25, 0.3) is 0 Å². The van der Waals surface area contributed by atoms with Crippen LogP contribution in [0.25, 0.3) is 0 Å². The first-order valence-electron chi connectivity index (χ1n) is 6.60. The van der Waals surface area contributed by atoms with Gasteiger partial charge in [-0.15, -0.1) is 0 Å². The molecule has 2 atom stereocenters. The summed E-state index contributed by atoms with van der Waals surface area (Å²) in [6.45, 7) is 2.46. The molecule has 0 saturated carbocycles. The molecule has 0 spiro atoms. The molecule has 2 amide bonds. The SMILES string of the molecule is CC1CC(C(=O)O)CN(C(=O)Nc2ccc(Cl)cc2F)C1. The van der Waals surface area contributed by atoms with E-state index in [1.165, 1.54) is 17.0 Å². The average molecular weight is 315 g/mol. The van der Waals surface area contributed by atoms with Crippen LogP contribution in [-0.4, -0.2) is 35.1 Å². The minimum atomic E-state index is -0.919. The molecule has 0 aliphatic carbocycles. The third-order valence-corrected chi connectivity index (χ3v) is 3.70. The zero-order valence-corrected chi connectivity index (χ0v) is 12.2. The lowest BCUT2D eigenvalue weighted by molar-refractivity contribution is -0.143. The number of aliphatic carboxylic acids is 1. The number of piperidine rings is 1. The van der Waals surface area contributed by atoms with Gasteiger partial charge in [-0.25, -0.2) is 9.18 Å². The molecule has 21 heavy (non-hydrogen) atoms. The monoisotopic (exact) mass is 314 g/mol. The smallest absolute Gasteiger partial charge is 0.321 e. The van der Waals surface area contributed by atoms with E-state index in [2.05, 4.69) is 5.32 Å². The van der Waals surface area contributed by atoms with E-state index in [1.807, 2.05) is 6.92 Å². The van der Waals surface area contributed by atoms with E-state index in [4.69, 9.17) is 16.7 Å². The van der Waals surface area contributed by atoms with Gasteiger partial charge in [-0.1, -0.05) is 18.5 Å². The molecular formula is C14H16ClFN2O3. The van der Waals surface area contributed by atoms with Gasteiger partial charge in [0.2, 0.25) is 0 Å². The van der Waals surface area contributed by atoms with Crippen LogP contribution in [-0.2, 0) is 4.79 Å². The van der Waals surface area contributed by atoms with Crippen LogP contribution in [0.15, 0.2) is 18.2 Å². The Hall–Kier alpha value is -1.82. The van der Waals surface area contributed by atoms with Crippen molar-refractivity contribution in [2.24, 2.45) is 11.8 Å². The number of carboxylic acids is 1. The molecule has 1 heterocycles. The lowest BCUT2D eigenvalue weighted by Crippen LogP contribution is -2.47. The number of hydrogen-bond donors (Lipinski definition) is 2. The summed E-state index contributed by atoms with van der Waals surface area (Å²) in [7, 11) is 0. The summed E-state index contributed by atoms with van der Waals surface area (Å²) in [6, 6.07) is 3.45. The first kappa shape index (κ1) is 15.6. The number of rotatable bonds is 2. The number of carboxylic acid groups (broad SMARTS) is 1. The Morgan fingerprint density at radius 2 is 2.14 bits per heavy atom. The molecule has 1 aliphatic rings. The topological polar surface area (TPSA) is 69.6 Å². The van der Waals surface area contributed by atoms with Gasteiger partial charge < -0.3 is 15.3 Å². The van der Waals surface area contributed by atoms with Gasteiger partial charge in [-0.3, -0.25) is 4.79 Å². The third kappa shape index (κ3) is 3.85. The molecule has 114 valence electrons. The molecule has 0 radical (unpaired) electrons. The number of urea groups is 1. The summed E-state index contributed by atoms with van der Waals surface area (Å²) in [5.74, 6) is -2.05. The molecule has 2 N–H and O–H groups in total. The van der Waals surface area contributed by atoms with Gasteiger partial charge in [0.05, 0.1) is 11.6 Å². The van der Waals surface area contributed by atoms with Crippen molar-refractivity contribution < 1.29 is 19.1 Å². The highest BCUT2D eigenvalue weighted by atomic mass is 35.5. The van der Waals surface area contributed by atoms with E-state index in [-0.39, 0.29) is 23.2 Å². The number of carbonyl (C=O) groups excluding carboxylic acids is 1. The number of halogens is 2. The Balaban J connectivity index is 2.07. The fourth-order valence-corrected chi connectivity index (χ4v) is 2.64. The second-order valence-electron chi connectivity index (χ2n) is 5.34. The van der Waals surface area contributed by atoms with Gasteiger partial charge in [-0.05, 0) is 30.5 Å². The standard InChI is InChI=1S/C14H16ClFN2O3/c1-8-4-9(13(19)20)7-18(6-8)14(21)17-12-3-2-10(15)5-11(12)16/h2-3,5,8-9H,4,6-7H2,1H3,(H,17,21)(H,19,20).